The lowest BCUT2D eigenvalue weighted by atomic mass is 10.1. The number of carbonyl (C=O) groups excluding carboxylic acids is 2. The number of imidazole rings is 1. The lowest BCUT2D eigenvalue weighted by Crippen LogP contribution is -2.41. The lowest BCUT2D eigenvalue weighted by Gasteiger charge is -2.14. The van der Waals surface area contributed by atoms with Gasteiger partial charge in [0.25, 0.3) is 5.56 Å². The first-order valence-electron chi connectivity index (χ1n) is 11.3. The van der Waals surface area contributed by atoms with E-state index in [4.69, 9.17) is 0 Å². The molecule has 0 aliphatic heterocycles. The molecule has 1 amide bonds. The summed E-state index contributed by atoms with van der Waals surface area (Å²) in [6.45, 7) is 3.96. The molecular weight excluding hydrogens is 527 g/mol. The minimum atomic E-state index is -4.57. The van der Waals surface area contributed by atoms with E-state index in [1.165, 1.54) is 43.4 Å². The second-order valence-corrected chi connectivity index (χ2v) is 9.37. The van der Waals surface area contributed by atoms with Crippen LogP contribution in [0.4, 0.5) is 19.0 Å². The van der Waals surface area contributed by atoms with Crippen LogP contribution in [-0.4, -0.2) is 40.3 Å². The van der Waals surface area contributed by atoms with E-state index in [1.807, 2.05) is 0 Å². The van der Waals surface area contributed by atoms with E-state index in [9.17, 15) is 32.3 Å². The molecule has 1 N–H and O–H groups in total. The molecule has 15 heteroatoms. The van der Waals surface area contributed by atoms with E-state index in [0.29, 0.717) is 0 Å². The predicted molar refractivity (Wildman–Crippen MR) is 133 cm³/mol. The molecular formula is C23H22F3N7O4S. The Bertz CT molecular complexity index is 1680. The van der Waals surface area contributed by atoms with Crippen LogP contribution in [-0.2, 0) is 29.4 Å². The summed E-state index contributed by atoms with van der Waals surface area (Å²) < 4.78 is 43.0. The number of amides is 1. The lowest BCUT2D eigenvalue weighted by molar-refractivity contribution is -0.138. The summed E-state index contributed by atoms with van der Waals surface area (Å²) in [5.41, 5.74) is -2.36. The fourth-order valence-electron chi connectivity index (χ4n) is 3.77. The van der Waals surface area contributed by atoms with Gasteiger partial charge in [-0.05, 0) is 19.9 Å². The van der Waals surface area contributed by atoms with Crippen molar-refractivity contribution in [2.24, 2.45) is 7.05 Å². The summed E-state index contributed by atoms with van der Waals surface area (Å²) in [4.78, 5) is 62.8. The zero-order valence-corrected chi connectivity index (χ0v) is 21.5. The number of carbonyl (C=O) groups is 2. The molecule has 38 heavy (non-hydrogen) atoms. The van der Waals surface area contributed by atoms with Crippen molar-refractivity contribution in [1.29, 1.82) is 0 Å². The number of anilines is 1. The number of hydrogen-bond acceptors (Lipinski definition) is 8. The molecule has 4 aromatic heterocycles. The zero-order valence-electron chi connectivity index (χ0n) is 20.7. The third-order valence-electron chi connectivity index (χ3n) is 5.98. The number of nitrogens with one attached hydrogen (secondary N) is 1. The van der Waals surface area contributed by atoms with Crippen LogP contribution in [0.1, 0.15) is 37.6 Å². The van der Waals surface area contributed by atoms with Crippen molar-refractivity contribution in [2.45, 2.75) is 46.0 Å². The van der Waals surface area contributed by atoms with Gasteiger partial charge in [0.15, 0.2) is 16.9 Å². The van der Waals surface area contributed by atoms with E-state index in [-0.39, 0.29) is 45.5 Å². The van der Waals surface area contributed by atoms with E-state index in [0.717, 1.165) is 26.5 Å². The molecule has 0 spiro atoms. The summed E-state index contributed by atoms with van der Waals surface area (Å²) >= 11 is 1.02. The molecule has 11 nitrogen and oxygen atoms in total. The minimum absolute atomic E-state index is 0.0389. The number of rotatable bonds is 7. The van der Waals surface area contributed by atoms with E-state index in [2.05, 4.69) is 20.3 Å². The van der Waals surface area contributed by atoms with Crippen LogP contribution < -0.4 is 16.6 Å². The van der Waals surface area contributed by atoms with Crippen LogP contribution in [0.25, 0.3) is 21.7 Å². The Morgan fingerprint density at radius 1 is 1.21 bits per heavy atom. The van der Waals surface area contributed by atoms with Gasteiger partial charge in [-0.3, -0.25) is 28.5 Å². The fourth-order valence-corrected chi connectivity index (χ4v) is 4.50. The van der Waals surface area contributed by atoms with Gasteiger partial charge in [0, 0.05) is 36.3 Å². The maximum atomic E-state index is 13.3. The number of fused-ring (bicyclic) bond motifs is 1. The van der Waals surface area contributed by atoms with Gasteiger partial charge < -0.3 is 9.88 Å². The largest absolute Gasteiger partial charge is 0.418 e. The minimum Gasteiger partial charge on any atom is -0.312 e. The van der Waals surface area contributed by atoms with Gasteiger partial charge in [0.2, 0.25) is 5.91 Å². The summed E-state index contributed by atoms with van der Waals surface area (Å²) in [5.74, 6) is -0.812. The number of thiazole rings is 1. The summed E-state index contributed by atoms with van der Waals surface area (Å²) in [7, 11) is 1.40. The van der Waals surface area contributed by atoms with Crippen molar-refractivity contribution in [3.8, 4) is 10.6 Å². The summed E-state index contributed by atoms with van der Waals surface area (Å²) in [6, 6.07) is -0.0467. The Morgan fingerprint density at radius 3 is 2.58 bits per heavy atom. The average Bonchev–Trinajstić information content (AvgIpc) is 3.52. The van der Waals surface area contributed by atoms with Crippen LogP contribution >= 0.6 is 11.3 Å². The second-order valence-electron chi connectivity index (χ2n) is 8.51. The molecule has 4 rings (SSSR count). The molecule has 1 atom stereocenters. The number of pyridine rings is 1. The van der Waals surface area contributed by atoms with E-state index in [1.54, 1.807) is 6.92 Å². The van der Waals surface area contributed by atoms with Crippen LogP contribution in [0, 0.1) is 6.92 Å². The highest BCUT2D eigenvalue weighted by Crippen LogP contribution is 2.35. The predicted octanol–water partition coefficient (Wildman–Crippen LogP) is 2.92. The normalized spacial score (nSPS) is 12.6. The smallest absolute Gasteiger partial charge is 0.312 e. The van der Waals surface area contributed by atoms with Crippen molar-refractivity contribution in [3.05, 3.63) is 56.1 Å². The van der Waals surface area contributed by atoms with Gasteiger partial charge in [0.1, 0.15) is 16.9 Å². The highest BCUT2D eigenvalue weighted by molar-refractivity contribution is 7.13. The second kappa shape index (κ2) is 9.96. The van der Waals surface area contributed by atoms with Gasteiger partial charge in [0.05, 0.1) is 18.4 Å². The number of ketones is 1. The van der Waals surface area contributed by atoms with Gasteiger partial charge in [-0.2, -0.15) is 13.2 Å². The van der Waals surface area contributed by atoms with Gasteiger partial charge >= 0.3 is 11.9 Å². The zero-order chi connectivity index (χ0) is 27.9. The maximum absolute atomic E-state index is 13.3. The first kappa shape index (κ1) is 26.9. The van der Waals surface area contributed by atoms with Gasteiger partial charge in [-0.25, -0.2) is 14.8 Å². The molecule has 0 saturated carbocycles. The standard InChI is InChI=1S/C23H22F3N7O4S/c1-5-14(34)8-32-21(36)17-18(31(4)22(32)37)28-10-33(17)12(3)19(35)29-16-9-38-20(30-16)13-6-15(23(24,25)26)11(2)27-7-13/h6-7,9-10,12H,5,8H2,1-4H3,(H,29,35)/t12-/m0/s1. The Balaban J connectivity index is 1.63. The topological polar surface area (TPSA) is 134 Å². The molecule has 0 bridgehead atoms. The highest BCUT2D eigenvalue weighted by atomic mass is 32.1. The number of nitrogens with zero attached hydrogens (tertiary/aromatic N) is 6. The number of hydrogen-bond donors (Lipinski definition) is 1. The molecule has 0 radical (unpaired) electrons. The molecule has 0 aliphatic rings. The first-order valence-corrected chi connectivity index (χ1v) is 12.2. The van der Waals surface area contributed by atoms with Crippen molar-refractivity contribution >= 4 is 40.0 Å². The Hall–Kier alpha value is -4.14. The van der Waals surface area contributed by atoms with Crippen molar-refractivity contribution in [1.82, 2.24) is 28.7 Å². The molecule has 4 aromatic rings. The number of aromatic nitrogens is 6. The van der Waals surface area contributed by atoms with Crippen LogP contribution in [0.5, 0.6) is 0 Å². The van der Waals surface area contributed by atoms with Crippen molar-refractivity contribution in [3.63, 3.8) is 0 Å². The van der Waals surface area contributed by atoms with Crippen molar-refractivity contribution in [2.75, 3.05) is 5.32 Å². The quantitative estimate of drug-likeness (QED) is 0.375. The van der Waals surface area contributed by atoms with Crippen LogP contribution in [0.2, 0.25) is 0 Å². The first-order chi connectivity index (χ1) is 17.8. The third-order valence-corrected chi connectivity index (χ3v) is 6.87. The Labute approximate surface area is 216 Å². The summed E-state index contributed by atoms with van der Waals surface area (Å²) in [6.07, 6.45) is -1.92. The monoisotopic (exact) mass is 549 g/mol. The molecule has 0 aliphatic carbocycles. The number of aryl methyl sites for hydroxylation is 2. The van der Waals surface area contributed by atoms with Crippen LogP contribution in [0.15, 0.2) is 33.6 Å². The number of alkyl halides is 3. The van der Waals surface area contributed by atoms with Crippen molar-refractivity contribution < 1.29 is 22.8 Å². The summed E-state index contributed by atoms with van der Waals surface area (Å²) in [5, 5.41) is 4.26. The molecule has 0 fully saturated rings. The fraction of sp³-hybridized carbons (Fsp3) is 0.348. The Kier molecular flexibility index (Phi) is 7.06. The Morgan fingerprint density at radius 2 is 1.92 bits per heavy atom. The number of Topliss-reactive ketones (excluding diaryl/α,β-unsaturated/α-hetero) is 1. The van der Waals surface area contributed by atoms with E-state index >= 15 is 0 Å². The van der Waals surface area contributed by atoms with Crippen LogP contribution in [0.3, 0.4) is 0 Å². The molecule has 0 saturated heterocycles. The van der Waals surface area contributed by atoms with E-state index < -0.39 is 41.5 Å². The van der Waals surface area contributed by atoms with Gasteiger partial charge in [-0.1, -0.05) is 6.92 Å². The molecule has 0 aromatic carbocycles. The SMILES string of the molecule is CCC(=O)Cn1c(=O)c2c(ncn2[C@@H](C)C(=O)Nc2csc(-c3cnc(C)c(C(F)(F)F)c3)n2)n(C)c1=O. The average molecular weight is 550 g/mol. The van der Waals surface area contributed by atoms with Gasteiger partial charge in [-0.15, -0.1) is 11.3 Å². The molecule has 4 heterocycles. The highest BCUT2D eigenvalue weighted by Gasteiger charge is 2.33. The molecule has 0 unspecified atom stereocenters. The maximum Gasteiger partial charge on any atom is 0.418 e. The third kappa shape index (κ3) is 4.88. The number of halogens is 3. The molecule has 200 valence electrons.